The highest BCUT2D eigenvalue weighted by Gasteiger charge is 2.33. The van der Waals surface area contributed by atoms with Gasteiger partial charge in [0, 0.05) is 31.7 Å². The number of carbonyl (C=O) groups is 2. The molecule has 4 rings (SSSR count). The van der Waals surface area contributed by atoms with Crippen LogP contribution in [0.25, 0.3) is 16.6 Å². The SMILES string of the molecule is CCCc1c(C(=O)OCC)c(C(=O)OCC)c2c(-c3ccccc3)cc(N3CCN(C)CC3)nn12. The summed E-state index contributed by atoms with van der Waals surface area (Å²) in [5.41, 5.74) is 3.52. The molecule has 1 aliphatic heterocycles. The highest BCUT2D eigenvalue weighted by molar-refractivity contribution is 6.12. The standard InChI is InChI=1S/C27H34N4O4/c1-5-11-21-23(26(32)34-6-2)24(27(33)35-7-3)25-20(19-12-9-8-10-13-19)18-22(28-31(21)25)30-16-14-29(4)15-17-30/h8-10,12-13,18H,5-7,11,14-17H2,1-4H3. The average Bonchev–Trinajstić information content (AvgIpc) is 3.19. The average molecular weight is 479 g/mol. The molecule has 1 aromatic carbocycles. The van der Waals surface area contributed by atoms with Gasteiger partial charge in [0.1, 0.15) is 11.4 Å². The predicted molar refractivity (Wildman–Crippen MR) is 136 cm³/mol. The quantitative estimate of drug-likeness (QED) is 0.452. The fourth-order valence-corrected chi connectivity index (χ4v) is 4.62. The number of carbonyl (C=O) groups excluding carboxylic acids is 2. The number of benzene rings is 1. The molecule has 0 aliphatic carbocycles. The van der Waals surface area contributed by atoms with Crippen molar-refractivity contribution in [2.45, 2.75) is 33.6 Å². The van der Waals surface area contributed by atoms with E-state index in [9.17, 15) is 9.59 Å². The molecule has 0 spiro atoms. The Hall–Kier alpha value is -3.39. The fourth-order valence-electron chi connectivity index (χ4n) is 4.62. The van der Waals surface area contributed by atoms with E-state index in [1.165, 1.54) is 0 Å². The molecule has 1 fully saturated rings. The summed E-state index contributed by atoms with van der Waals surface area (Å²) in [5, 5.41) is 5.00. The van der Waals surface area contributed by atoms with Gasteiger partial charge in [0.15, 0.2) is 0 Å². The molecule has 3 aromatic rings. The number of rotatable bonds is 8. The maximum absolute atomic E-state index is 13.3. The van der Waals surface area contributed by atoms with Crippen LogP contribution < -0.4 is 4.90 Å². The van der Waals surface area contributed by atoms with Gasteiger partial charge < -0.3 is 19.3 Å². The molecule has 8 nitrogen and oxygen atoms in total. The first-order chi connectivity index (χ1) is 17.0. The van der Waals surface area contributed by atoms with E-state index >= 15 is 0 Å². The molecule has 0 unspecified atom stereocenters. The van der Waals surface area contributed by atoms with E-state index in [0.717, 1.165) is 49.5 Å². The number of aryl methyl sites for hydroxylation is 1. The predicted octanol–water partition coefficient (Wildman–Crippen LogP) is 4.06. The van der Waals surface area contributed by atoms with Crippen molar-refractivity contribution < 1.29 is 19.1 Å². The van der Waals surface area contributed by atoms with E-state index in [0.29, 0.717) is 17.6 Å². The zero-order valence-corrected chi connectivity index (χ0v) is 21.0. The third-order valence-corrected chi connectivity index (χ3v) is 6.33. The van der Waals surface area contributed by atoms with E-state index in [1.807, 2.05) is 43.3 Å². The van der Waals surface area contributed by atoms with E-state index in [2.05, 4.69) is 16.8 Å². The topological polar surface area (TPSA) is 76.4 Å². The summed E-state index contributed by atoms with van der Waals surface area (Å²) >= 11 is 0. The Morgan fingerprint density at radius 3 is 2.14 bits per heavy atom. The van der Waals surface area contributed by atoms with Crippen LogP contribution in [0.15, 0.2) is 36.4 Å². The van der Waals surface area contributed by atoms with Crippen LogP contribution in [-0.4, -0.2) is 72.9 Å². The number of likely N-dealkylation sites (N-methyl/N-ethyl adjacent to an activating group) is 1. The normalized spacial score (nSPS) is 14.3. The molecule has 0 saturated carbocycles. The van der Waals surface area contributed by atoms with Crippen LogP contribution in [0.2, 0.25) is 0 Å². The fraction of sp³-hybridized carbons (Fsp3) is 0.444. The van der Waals surface area contributed by atoms with Crippen molar-refractivity contribution in [2.75, 3.05) is 51.3 Å². The molecular weight excluding hydrogens is 444 g/mol. The Morgan fingerprint density at radius 1 is 0.914 bits per heavy atom. The van der Waals surface area contributed by atoms with Gasteiger partial charge in [-0.25, -0.2) is 14.1 Å². The van der Waals surface area contributed by atoms with Crippen molar-refractivity contribution in [3.63, 3.8) is 0 Å². The van der Waals surface area contributed by atoms with Crippen molar-refractivity contribution in [3.05, 3.63) is 53.2 Å². The molecule has 0 atom stereocenters. The van der Waals surface area contributed by atoms with Gasteiger partial charge in [-0.1, -0.05) is 43.7 Å². The number of piperazine rings is 1. The van der Waals surface area contributed by atoms with Crippen molar-refractivity contribution in [1.82, 2.24) is 14.5 Å². The second-order valence-corrected chi connectivity index (χ2v) is 8.72. The van der Waals surface area contributed by atoms with Gasteiger partial charge in [-0.2, -0.15) is 0 Å². The summed E-state index contributed by atoms with van der Waals surface area (Å²) in [5.74, 6) is -0.242. The minimum atomic E-state index is -0.540. The molecular formula is C27H34N4O4. The van der Waals surface area contributed by atoms with E-state index in [-0.39, 0.29) is 24.3 Å². The molecule has 0 N–H and O–H groups in total. The van der Waals surface area contributed by atoms with Gasteiger partial charge in [-0.15, -0.1) is 5.10 Å². The first-order valence-electron chi connectivity index (χ1n) is 12.4. The maximum Gasteiger partial charge on any atom is 0.341 e. The number of nitrogens with zero attached hydrogens (tertiary/aromatic N) is 4. The Kier molecular flexibility index (Phi) is 7.70. The Labute approximate surface area is 206 Å². The van der Waals surface area contributed by atoms with E-state index < -0.39 is 11.9 Å². The van der Waals surface area contributed by atoms with Crippen LogP contribution in [0.3, 0.4) is 0 Å². The Morgan fingerprint density at radius 2 is 1.54 bits per heavy atom. The number of anilines is 1. The van der Waals surface area contributed by atoms with Crippen molar-refractivity contribution >= 4 is 23.3 Å². The lowest BCUT2D eigenvalue weighted by molar-refractivity contribution is 0.0480. The number of hydrogen-bond donors (Lipinski definition) is 0. The lowest BCUT2D eigenvalue weighted by atomic mass is 10.0. The second-order valence-electron chi connectivity index (χ2n) is 8.72. The zero-order chi connectivity index (χ0) is 24.9. The number of esters is 2. The zero-order valence-electron chi connectivity index (χ0n) is 21.0. The molecule has 1 saturated heterocycles. The molecule has 1 aliphatic rings. The maximum atomic E-state index is 13.3. The minimum absolute atomic E-state index is 0.203. The highest BCUT2D eigenvalue weighted by atomic mass is 16.5. The molecule has 0 amide bonds. The van der Waals surface area contributed by atoms with Crippen LogP contribution >= 0.6 is 0 Å². The molecule has 186 valence electrons. The first kappa shape index (κ1) is 24.7. The van der Waals surface area contributed by atoms with Crippen molar-refractivity contribution in [1.29, 1.82) is 0 Å². The number of hydrogen-bond acceptors (Lipinski definition) is 7. The van der Waals surface area contributed by atoms with Gasteiger partial charge >= 0.3 is 11.9 Å². The van der Waals surface area contributed by atoms with Gasteiger partial charge in [-0.3, -0.25) is 0 Å². The first-order valence-corrected chi connectivity index (χ1v) is 12.4. The summed E-state index contributed by atoms with van der Waals surface area (Å²) < 4.78 is 12.6. The van der Waals surface area contributed by atoms with Gasteiger partial charge in [0.2, 0.25) is 0 Å². The van der Waals surface area contributed by atoms with Gasteiger partial charge in [0.25, 0.3) is 0 Å². The van der Waals surface area contributed by atoms with Crippen molar-refractivity contribution in [3.8, 4) is 11.1 Å². The lowest BCUT2D eigenvalue weighted by Crippen LogP contribution is -2.45. The molecule has 0 radical (unpaired) electrons. The second kappa shape index (κ2) is 10.9. The third kappa shape index (κ3) is 4.89. The summed E-state index contributed by atoms with van der Waals surface area (Å²) in [6.07, 6.45) is 1.35. The molecule has 8 heteroatoms. The van der Waals surface area contributed by atoms with Crippen LogP contribution in [0.4, 0.5) is 5.82 Å². The number of fused-ring (bicyclic) bond motifs is 1. The summed E-state index contributed by atoms with van der Waals surface area (Å²) in [4.78, 5) is 31.1. The van der Waals surface area contributed by atoms with Crippen LogP contribution in [0, 0.1) is 0 Å². The third-order valence-electron chi connectivity index (χ3n) is 6.33. The lowest BCUT2D eigenvalue weighted by Gasteiger charge is -2.33. The Bertz CT molecular complexity index is 1200. The summed E-state index contributed by atoms with van der Waals surface area (Å²) in [6.45, 7) is 9.56. The minimum Gasteiger partial charge on any atom is -0.462 e. The van der Waals surface area contributed by atoms with Gasteiger partial charge in [0.05, 0.1) is 30.0 Å². The van der Waals surface area contributed by atoms with Crippen LogP contribution in [0.5, 0.6) is 0 Å². The summed E-state index contributed by atoms with van der Waals surface area (Å²) in [7, 11) is 2.12. The van der Waals surface area contributed by atoms with Crippen LogP contribution in [0.1, 0.15) is 53.6 Å². The van der Waals surface area contributed by atoms with Crippen LogP contribution in [-0.2, 0) is 15.9 Å². The molecule has 0 bridgehead atoms. The summed E-state index contributed by atoms with van der Waals surface area (Å²) in [6, 6.07) is 11.9. The molecule has 3 heterocycles. The number of aromatic nitrogens is 2. The van der Waals surface area contributed by atoms with Crippen molar-refractivity contribution in [2.24, 2.45) is 0 Å². The smallest absolute Gasteiger partial charge is 0.341 e. The Balaban J connectivity index is 2.07. The molecule has 35 heavy (non-hydrogen) atoms. The van der Waals surface area contributed by atoms with Gasteiger partial charge in [-0.05, 0) is 38.9 Å². The highest BCUT2D eigenvalue weighted by Crippen LogP contribution is 2.36. The van der Waals surface area contributed by atoms with E-state index in [1.54, 1.807) is 18.4 Å². The monoisotopic (exact) mass is 478 g/mol. The van der Waals surface area contributed by atoms with E-state index in [4.69, 9.17) is 14.6 Å². The molecule has 2 aromatic heterocycles. The largest absolute Gasteiger partial charge is 0.462 e. The number of ether oxygens (including phenoxy) is 2.